The summed E-state index contributed by atoms with van der Waals surface area (Å²) in [5.41, 5.74) is 0. The molecule has 6 N–H and O–H groups in total. The molecule has 9 nitrogen and oxygen atoms in total. The molecule has 0 aromatic carbocycles. The van der Waals surface area contributed by atoms with Gasteiger partial charge in [-0.2, -0.15) is 0 Å². The number of allylic oxidation sites excluding steroid dienone is 3. The van der Waals surface area contributed by atoms with Crippen LogP contribution < -0.4 is 5.32 Å². The molecule has 9 heteroatoms. The van der Waals surface area contributed by atoms with E-state index in [4.69, 9.17) is 9.47 Å². The third kappa shape index (κ3) is 33.2. The molecule has 0 aromatic rings. The summed E-state index contributed by atoms with van der Waals surface area (Å²) >= 11 is 0. The average Bonchev–Trinajstić information content (AvgIpc) is 3.27. The molecular weight excluding hydrogens is 779 g/mol. The molecule has 62 heavy (non-hydrogen) atoms. The zero-order valence-electron chi connectivity index (χ0n) is 40.4. The summed E-state index contributed by atoms with van der Waals surface area (Å²) in [6.45, 7) is 3.78. The Morgan fingerprint density at radius 2 is 0.919 bits per heavy atom. The Balaban J connectivity index is 2.26. The molecule has 0 aliphatic carbocycles. The van der Waals surface area contributed by atoms with E-state index in [9.17, 15) is 30.3 Å². The minimum atomic E-state index is -1.57. The van der Waals surface area contributed by atoms with E-state index >= 15 is 0 Å². The van der Waals surface area contributed by atoms with Crippen LogP contribution >= 0.6 is 0 Å². The van der Waals surface area contributed by atoms with Crippen molar-refractivity contribution in [1.82, 2.24) is 5.32 Å². The van der Waals surface area contributed by atoms with Gasteiger partial charge in [0.2, 0.25) is 5.91 Å². The van der Waals surface area contributed by atoms with Crippen LogP contribution in [-0.2, 0) is 14.3 Å². The predicted molar refractivity (Wildman–Crippen MR) is 258 cm³/mol. The molecule has 366 valence electrons. The molecule has 1 heterocycles. The van der Waals surface area contributed by atoms with Crippen molar-refractivity contribution < 1.29 is 39.8 Å². The Hall–Kier alpha value is -1.33. The SMILES string of the molecule is CCCCCCCCCCCC/C=C/CC/C=C/[C@@H](O)[C@H](CO[C@H]1O[C@@H](CO)[C@H](O)C(O)C1O)NC(=O)CCCCCCCCCCCCCCCCCCCCCCCCC. The zero-order valence-corrected chi connectivity index (χ0v) is 40.4. The summed E-state index contributed by atoms with van der Waals surface area (Å²) in [5.74, 6) is -0.182. The van der Waals surface area contributed by atoms with Crippen LogP contribution in [0.5, 0.6) is 0 Å². The highest BCUT2D eigenvalue weighted by atomic mass is 16.7. The molecule has 1 rings (SSSR count). The lowest BCUT2D eigenvalue weighted by atomic mass is 9.99. The van der Waals surface area contributed by atoms with Gasteiger partial charge < -0.3 is 40.3 Å². The van der Waals surface area contributed by atoms with Crippen LogP contribution in [0.1, 0.15) is 251 Å². The van der Waals surface area contributed by atoms with E-state index in [1.54, 1.807) is 6.08 Å². The minimum absolute atomic E-state index is 0.182. The fraction of sp³-hybridized carbons (Fsp3) is 0.906. The van der Waals surface area contributed by atoms with E-state index in [0.29, 0.717) is 6.42 Å². The van der Waals surface area contributed by atoms with E-state index < -0.39 is 49.5 Å². The highest BCUT2D eigenvalue weighted by Gasteiger charge is 2.44. The summed E-state index contributed by atoms with van der Waals surface area (Å²) in [7, 11) is 0. The molecule has 1 saturated heterocycles. The van der Waals surface area contributed by atoms with Gasteiger partial charge in [0.15, 0.2) is 6.29 Å². The second kappa shape index (κ2) is 43.6. The molecule has 1 fully saturated rings. The number of unbranched alkanes of at least 4 members (excludes halogenated alkanes) is 33. The molecule has 0 aromatic heterocycles. The van der Waals surface area contributed by atoms with Crippen molar-refractivity contribution in [2.45, 2.75) is 294 Å². The van der Waals surface area contributed by atoms with Gasteiger partial charge >= 0.3 is 0 Å². The van der Waals surface area contributed by atoms with Gasteiger partial charge in [-0.05, 0) is 32.1 Å². The number of rotatable bonds is 45. The molecule has 0 radical (unpaired) electrons. The maximum absolute atomic E-state index is 13.0. The van der Waals surface area contributed by atoms with E-state index in [1.165, 1.54) is 193 Å². The molecular formula is C53H101NO8. The van der Waals surface area contributed by atoms with Crippen molar-refractivity contribution in [3.8, 4) is 0 Å². The van der Waals surface area contributed by atoms with Crippen molar-refractivity contribution in [1.29, 1.82) is 0 Å². The molecule has 1 aliphatic heterocycles. The lowest BCUT2D eigenvalue weighted by molar-refractivity contribution is -0.302. The molecule has 1 aliphatic rings. The van der Waals surface area contributed by atoms with Crippen molar-refractivity contribution in [2.75, 3.05) is 13.2 Å². The number of hydrogen-bond acceptors (Lipinski definition) is 8. The number of nitrogens with one attached hydrogen (secondary N) is 1. The highest BCUT2D eigenvalue weighted by Crippen LogP contribution is 2.23. The van der Waals surface area contributed by atoms with Crippen LogP contribution in [0.15, 0.2) is 24.3 Å². The third-order valence-corrected chi connectivity index (χ3v) is 12.8. The van der Waals surface area contributed by atoms with E-state index in [0.717, 1.165) is 38.5 Å². The van der Waals surface area contributed by atoms with Crippen molar-refractivity contribution in [3.63, 3.8) is 0 Å². The topological polar surface area (TPSA) is 149 Å². The quantitative estimate of drug-likeness (QED) is 0.0262. The number of aliphatic hydroxyl groups excluding tert-OH is 5. The van der Waals surface area contributed by atoms with Gasteiger partial charge in [0.25, 0.3) is 0 Å². The maximum Gasteiger partial charge on any atom is 0.220 e. The number of hydrogen-bond donors (Lipinski definition) is 6. The van der Waals surface area contributed by atoms with Crippen LogP contribution in [0.25, 0.3) is 0 Å². The number of amides is 1. The van der Waals surface area contributed by atoms with Gasteiger partial charge in [0, 0.05) is 6.42 Å². The number of aliphatic hydroxyl groups is 5. The van der Waals surface area contributed by atoms with Gasteiger partial charge in [-0.15, -0.1) is 0 Å². The summed E-state index contributed by atoms with van der Waals surface area (Å²) in [6, 6.07) is -0.817. The first kappa shape index (κ1) is 58.7. The Labute approximate surface area is 381 Å². The van der Waals surface area contributed by atoms with Gasteiger partial charge in [-0.3, -0.25) is 4.79 Å². The van der Waals surface area contributed by atoms with Crippen molar-refractivity contribution in [3.05, 3.63) is 24.3 Å². The monoisotopic (exact) mass is 880 g/mol. The fourth-order valence-electron chi connectivity index (χ4n) is 8.53. The molecule has 0 spiro atoms. The maximum atomic E-state index is 13.0. The summed E-state index contributed by atoms with van der Waals surface area (Å²) < 4.78 is 11.2. The summed E-state index contributed by atoms with van der Waals surface area (Å²) in [5, 5.41) is 54.3. The Morgan fingerprint density at radius 3 is 1.35 bits per heavy atom. The van der Waals surface area contributed by atoms with Gasteiger partial charge in [-0.25, -0.2) is 0 Å². The normalized spacial score (nSPS) is 20.4. The van der Waals surface area contributed by atoms with Crippen LogP contribution in [0, 0.1) is 0 Å². The number of ether oxygens (including phenoxy) is 2. The fourth-order valence-corrected chi connectivity index (χ4v) is 8.53. The lowest BCUT2D eigenvalue weighted by Crippen LogP contribution is -2.60. The van der Waals surface area contributed by atoms with Crippen LogP contribution in [0.2, 0.25) is 0 Å². The van der Waals surface area contributed by atoms with Crippen LogP contribution in [0.4, 0.5) is 0 Å². The molecule has 7 atom stereocenters. The lowest BCUT2D eigenvalue weighted by Gasteiger charge is -2.40. The molecule has 0 saturated carbocycles. The highest BCUT2D eigenvalue weighted by molar-refractivity contribution is 5.76. The Kier molecular flexibility index (Phi) is 41.2. The first-order chi connectivity index (χ1) is 30.3. The third-order valence-electron chi connectivity index (χ3n) is 12.8. The zero-order chi connectivity index (χ0) is 45.1. The Bertz CT molecular complexity index is 1020. The van der Waals surface area contributed by atoms with Crippen molar-refractivity contribution in [2.24, 2.45) is 0 Å². The molecule has 2 unspecified atom stereocenters. The van der Waals surface area contributed by atoms with Gasteiger partial charge in [0.1, 0.15) is 24.4 Å². The second-order valence-corrected chi connectivity index (χ2v) is 18.7. The first-order valence-electron chi connectivity index (χ1n) is 26.6. The number of carbonyl (C=O) groups excluding carboxylic acids is 1. The summed E-state index contributed by atoms with van der Waals surface area (Å²) in [4.78, 5) is 13.0. The van der Waals surface area contributed by atoms with E-state index in [1.807, 2.05) is 6.08 Å². The van der Waals surface area contributed by atoms with Gasteiger partial charge in [0.05, 0.1) is 25.4 Å². The van der Waals surface area contributed by atoms with Crippen LogP contribution in [0.3, 0.4) is 0 Å². The second-order valence-electron chi connectivity index (χ2n) is 18.7. The minimum Gasteiger partial charge on any atom is -0.394 e. The smallest absolute Gasteiger partial charge is 0.220 e. The van der Waals surface area contributed by atoms with E-state index in [-0.39, 0.29) is 12.5 Å². The molecule has 1 amide bonds. The van der Waals surface area contributed by atoms with E-state index in [2.05, 4.69) is 31.3 Å². The largest absolute Gasteiger partial charge is 0.394 e. The average molecular weight is 880 g/mol. The van der Waals surface area contributed by atoms with Crippen molar-refractivity contribution >= 4 is 5.91 Å². The Morgan fingerprint density at radius 1 is 0.532 bits per heavy atom. The molecule has 0 bridgehead atoms. The summed E-state index contributed by atoms with van der Waals surface area (Å²) in [6.07, 6.45) is 46.6. The first-order valence-corrected chi connectivity index (χ1v) is 26.6. The number of carbonyl (C=O) groups is 1. The van der Waals surface area contributed by atoms with Gasteiger partial charge in [-0.1, -0.05) is 237 Å². The van der Waals surface area contributed by atoms with Crippen LogP contribution in [-0.4, -0.2) is 87.5 Å². The predicted octanol–water partition coefficient (Wildman–Crippen LogP) is 12.2. The standard InChI is InChI=1S/C53H101NO8/c1-3-5-7-9-11-13-15-17-19-21-22-23-24-25-26-27-29-31-33-35-37-39-41-43-49(57)54-46(45-61-53-52(60)51(59)50(58)48(44-55)62-53)47(56)42-40-38-36-34-32-30-28-20-18-16-14-12-10-8-6-4-2/h32,34,40,42,46-48,50-53,55-56,58-60H,3-31,33,35-39,41,43-45H2,1-2H3,(H,54,57)/b34-32+,42-40+/t46-,47+,48-,50-,51?,52?,53-/m0/s1.